The third-order valence-corrected chi connectivity index (χ3v) is 4.48. The Balaban J connectivity index is 1.96. The molecule has 0 saturated carbocycles. The average molecular weight is 376 g/mol. The zero-order valence-corrected chi connectivity index (χ0v) is 15.5. The quantitative estimate of drug-likeness (QED) is 0.265. The summed E-state index contributed by atoms with van der Waals surface area (Å²) in [6.07, 6.45) is 3.94. The highest BCUT2D eigenvalue weighted by atomic mass is 16.3. The Bertz CT molecular complexity index is 1140. The molecule has 0 aliphatic heterocycles. The van der Waals surface area contributed by atoms with E-state index in [4.69, 9.17) is 26.4 Å². The number of aryl methyl sites for hydroxylation is 1. The third kappa shape index (κ3) is 3.35. The van der Waals surface area contributed by atoms with E-state index in [9.17, 15) is 4.79 Å². The molecule has 8 heteroatoms. The highest BCUT2D eigenvalue weighted by molar-refractivity contribution is 6.14. The molecule has 0 aliphatic carbocycles. The van der Waals surface area contributed by atoms with Gasteiger partial charge in [0.15, 0.2) is 0 Å². The van der Waals surface area contributed by atoms with E-state index in [1.807, 2.05) is 0 Å². The van der Waals surface area contributed by atoms with Crippen LogP contribution in [0.3, 0.4) is 0 Å². The minimum atomic E-state index is -0.365. The predicted molar refractivity (Wildman–Crippen MR) is 107 cm³/mol. The van der Waals surface area contributed by atoms with Crippen LogP contribution in [0, 0.1) is 30.1 Å². The highest BCUT2D eigenvalue weighted by Crippen LogP contribution is 2.22. The van der Waals surface area contributed by atoms with Crippen LogP contribution in [0.1, 0.15) is 32.7 Å². The number of carbonyl (C=O) groups is 1. The van der Waals surface area contributed by atoms with Crippen LogP contribution in [0.25, 0.3) is 0 Å². The summed E-state index contributed by atoms with van der Waals surface area (Å²) in [6.45, 7) is 3.44. The van der Waals surface area contributed by atoms with Gasteiger partial charge in [0.05, 0.1) is 30.1 Å². The van der Waals surface area contributed by atoms with E-state index in [-0.39, 0.29) is 17.1 Å². The molecule has 1 aromatic carbocycles. The van der Waals surface area contributed by atoms with Crippen molar-refractivity contribution in [2.24, 2.45) is 0 Å². The molecule has 2 aromatic heterocycles. The van der Waals surface area contributed by atoms with Gasteiger partial charge in [-0.1, -0.05) is 0 Å². The van der Waals surface area contributed by atoms with Gasteiger partial charge in [-0.2, -0.15) is 0 Å². The number of benzene rings is 1. The van der Waals surface area contributed by atoms with Crippen molar-refractivity contribution in [1.29, 1.82) is 16.2 Å². The maximum atomic E-state index is 12.9. The van der Waals surface area contributed by atoms with Gasteiger partial charge in [-0.25, -0.2) is 0 Å². The van der Waals surface area contributed by atoms with Crippen molar-refractivity contribution in [2.45, 2.75) is 13.8 Å². The number of anilines is 2. The van der Waals surface area contributed by atoms with Gasteiger partial charge in [-0.3, -0.25) is 25.6 Å². The van der Waals surface area contributed by atoms with Gasteiger partial charge in [0.1, 0.15) is 5.49 Å². The molecule has 0 radical (unpaired) electrons. The Kier molecular flexibility index (Phi) is 4.95. The fourth-order valence-electron chi connectivity index (χ4n) is 3.05. The number of amides is 1. The summed E-state index contributed by atoms with van der Waals surface area (Å²) in [5, 5.41) is 26.5. The summed E-state index contributed by atoms with van der Waals surface area (Å²) >= 11 is 0. The Morgan fingerprint density at radius 1 is 1.25 bits per heavy atom. The molecule has 0 fully saturated rings. The maximum absolute atomic E-state index is 12.9. The lowest BCUT2D eigenvalue weighted by Crippen LogP contribution is -2.27. The molecule has 0 saturated heterocycles. The summed E-state index contributed by atoms with van der Waals surface area (Å²) in [5.74, 6) is -0.365. The van der Waals surface area contributed by atoms with Crippen molar-refractivity contribution in [2.75, 3.05) is 11.1 Å². The number of rotatable bonds is 5. The lowest BCUT2D eigenvalue weighted by atomic mass is 10.0. The number of nitrogens with two attached hydrogens (primary N) is 1. The Labute approximate surface area is 161 Å². The monoisotopic (exact) mass is 376 g/mol. The number of hydrogen-bond acceptors (Lipinski definition) is 6. The number of pyridine rings is 1. The van der Waals surface area contributed by atoms with E-state index in [2.05, 4.69) is 5.32 Å². The lowest BCUT2D eigenvalue weighted by Gasteiger charge is -2.15. The zero-order chi connectivity index (χ0) is 20.4. The third-order valence-electron chi connectivity index (χ3n) is 4.48. The molecule has 0 bridgehead atoms. The van der Waals surface area contributed by atoms with Crippen LogP contribution in [0.5, 0.6) is 0 Å². The molecule has 0 aliphatic rings. The van der Waals surface area contributed by atoms with E-state index < -0.39 is 0 Å². The van der Waals surface area contributed by atoms with Crippen LogP contribution in [0.2, 0.25) is 0 Å². The maximum Gasteiger partial charge on any atom is 0.257 e. The summed E-state index contributed by atoms with van der Waals surface area (Å²) in [5.41, 5.74) is 9.81. The molecule has 142 valence electrons. The molecule has 28 heavy (non-hydrogen) atoms. The number of aromatic nitrogens is 1. The molecule has 0 unspecified atom stereocenters. The fraction of sp³-hybridized carbons (Fsp3) is 0.100. The normalized spacial score (nSPS) is 10.5. The van der Waals surface area contributed by atoms with Gasteiger partial charge < -0.3 is 15.5 Å². The second-order valence-electron chi connectivity index (χ2n) is 6.32. The van der Waals surface area contributed by atoms with Crippen molar-refractivity contribution in [3.63, 3.8) is 0 Å². The average Bonchev–Trinajstić information content (AvgIpc) is 3.17. The minimum absolute atomic E-state index is 0.130. The zero-order valence-electron chi connectivity index (χ0n) is 15.5. The van der Waals surface area contributed by atoms with E-state index in [0.717, 1.165) is 6.34 Å². The molecule has 6 N–H and O–H groups in total. The van der Waals surface area contributed by atoms with Crippen molar-refractivity contribution in [1.82, 2.24) is 4.57 Å². The van der Waals surface area contributed by atoms with Gasteiger partial charge in [0.25, 0.3) is 5.91 Å². The Morgan fingerprint density at radius 2 is 2.00 bits per heavy atom. The van der Waals surface area contributed by atoms with Crippen LogP contribution in [0.15, 0.2) is 47.3 Å². The van der Waals surface area contributed by atoms with Crippen molar-refractivity contribution in [3.8, 4) is 0 Å². The molecule has 1 amide bonds. The highest BCUT2D eigenvalue weighted by Gasteiger charge is 2.17. The van der Waals surface area contributed by atoms with E-state index in [1.54, 1.807) is 38.1 Å². The van der Waals surface area contributed by atoms with Crippen LogP contribution >= 0.6 is 0 Å². The molecule has 8 nitrogen and oxygen atoms in total. The molecular formula is C20H20N6O2. The first-order valence-electron chi connectivity index (χ1n) is 8.43. The van der Waals surface area contributed by atoms with Crippen molar-refractivity contribution < 1.29 is 9.21 Å². The van der Waals surface area contributed by atoms with E-state index in [0.29, 0.717) is 39.3 Å². The Hall–Kier alpha value is -3.94. The summed E-state index contributed by atoms with van der Waals surface area (Å²) in [4.78, 5) is 12.9. The first kappa shape index (κ1) is 18.8. The minimum Gasteiger partial charge on any atom is -0.472 e. The standard InChI is InChI=1S/C20H20N6O2/c1-11-7-17(23)26(10-21)12(2)18(11)20(27)25-14-3-4-16(22)15(8-14)19(24)13-5-6-28-9-13/h3-10,21,23-24H,22H2,1-2H3,(H,25,27). The van der Waals surface area contributed by atoms with Crippen LogP contribution < -0.4 is 16.5 Å². The number of carbonyl (C=O) groups excluding carboxylic acids is 1. The number of nitrogen functional groups attached to an aromatic ring is 1. The first-order valence-corrected chi connectivity index (χ1v) is 8.43. The predicted octanol–water partition coefficient (Wildman–Crippen LogP) is 2.88. The van der Waals surface area contributed by atoms with Gasteiger partial charge in [0, 0.05) is 28.2 Å². The number of hydrogen-bond donors (Lipinski definition) is 5. The van der Waals surface area contributed by atoms with Crippen LogP contribution in [-0.2, 0) is 0 Å². The molecule has 0 spiro atoms. The van der Waals surface area contributed by atoms with Gasteiger partial charge in [-0.05, 0) is 49.7 Å². The fourth-order valence-corrected chi connectivity index (χ4v) is 3.05. The molecular weight excluding hydrogens is 356 g/mol. The number of nitrogens with one attached hydrogen (secondary N) is 4. The second kappa shape index (κ2) is 7.36. The first-order chi connectivity index (χ1) is 13.3. The van der Waals surface area contributed by atoms with E-state index in [1.165, 1.54) is 23.2 Å². The smallest absolute Gasteiger partial charge is 0.257 e. The topological polar surface area (TPSA) is 145 Å². The summed E-state index contributed by atoms with van der Waals surface area (Å²) in [6, 6.07) is 8.13. The number of furan rings is 1. The molecule has 3 aromatic rings. The summed E-state index contributed by atoms with van der Waals surface area (Å²) in [7, 11) is 0. The number of nitrogens with zero attached hydrogens (tertiary/aromatic N) is 1. The second-order valence-corrected chi connectivity index (χ2v) is 6.32. The largest absolute Gasteiger partial charge is 0.472 e. The lowest BCUT2D eigenvalue weighted by molar-refractivity contribution is 0.102. The van der Waals surface area contributed by atoms with Crippen LogP contribution in [-0.4, -0.2) is 22.5 Å². The van der Waals surface area contributed by atoms with Crippen LogP contribution in [0.4, 0.5) is 11.4 Å². The summed E-state index contributed by atoms with van der Waals surface area (Å²) < 4.78 is 6.34. The molecule has 3 rings (SSSR count). The van der Waals surface area contributed by atoms with Gasteiger partial charge in [-0.15, -0.1) is 0 Å². The van der Waals surface area contributed by atoms with Gasteiger partial charge in [0.2, 0.25) is 0 Å². The van der Waals surface area contributed by atoms with E-state index >= 15 is 0 Å². The molecule has 0 atom stereocenters. The molecule has 2 heterocycles. The Morgan fingerprint density at radius 3 is 2.64 bits per heavy atom. The van der Waals surface area contributed by atoms with Crippen molar-refractivity contribution >= 4 is 29.3 Å². The SMILES string of the molecule is Cc1cc(=N)n(C=N)c(C)c1C(=O)Nc1ccc(N)c(C(=N)c2ccoc2)c1. The van der Waals surface area contributed by atoms with Gasteiger partial charge >= 0.3 is 0 Å². The van der Waals surface area contributed by atoms with Crippen molar-refractivity contribution in [3.05, 3.63) is 76.3 Å².